The first-order valence-electron chi connectivity index (χ1n) is 5.51. The Morgan fingerprint density at radius 2 is 2.26 bits per heavy atom. The summed E-state index contributed by atoms with van der Waals surface area (Å²) in [5.41, 5.74) is 0.995. The fraction of sp³-hybridized carbons (Fsp3) is 0.250. The number of thiophene rings is 1. The highest BCUT2D eigenvalue weighted by Gasteiger charge is 2.20. The fourth-order valence-corrected chi connectivity index (χ4v) is 2.88. The number of ketones is 1. The van der Waals surface area contributed by atoms with Gasteiger partial charge in [0.05, 0.1) is 10.6 Å². The Bertz CT molecular complexity index is 590. The average Bonchev–Trinajstić information content (AvgIpc) is 3.04. The lowest BCUT2D eigenvalue weighted by Gasteiger charge is -2.04. The number of nitrogens with one attached hydrogen (secondary N) is 1. The van der Waals surface area contributed by atoms with Gasteiger partial charge >= 0.3 is 5.97 Å². The molecule has 0 saturated heterocycles. The first kappa shape index (κ1) is 13.7. The third-order valence-corrected chi connectivity index (χ3v) is 4.29. The Balaban J connectivity index is 2.02. The molecule has 0 aromatic carbocycles. The molecule has 0 bridgehead atoms. The number of hydrogen-bond donors (Lipinski definition) is 1. The predicted octanol–water partition coefficient (Wildman–Crippen LogP) is 2.59. The summed E-state index contributed by atoms with van der Waals surface area (Å²) < 4.78 is 9.12. The summed E-state index contributed by atoms with van der Waals surface area (Å²) in [6.07, 6.45) is 0. The molecule has 2 aromatic heterocycles. The number of hydrogen-bond acceptors (Lipinski definition) is 7. The molecule has 0 atom stereocenters. The van der Waals surface area contributed by atoms with E-state index in [1.807, 2.05) is 0 Å². The van der Waals surface area contributed by atoms with E-state index in [0.29, 0.717) is 21.1 Å². The van der Waals surface area contributed by atoms with E-state index in [1.165, 1.54) is 22.9 Å². The molecule has 0 unspecified atom stereocenters. The van der Waals surface area contributed by atoms with E-state index in [0.717, 1.165) is 0 Å². The van der Waals surface area contributed by atoms with Crippen molar-refractivity contribution in [3.05, 3.63) is 33.6 Å². The van der Waals surface area contributed by atoms with Gasteiger partial charge in [0.2, 0.25) is 5.78 Å². The minimum absolute atomic E-state index is 0.199. The number of carbonyl (C=O) groups is 2. The second-order valence-corrected chi connectivity index (χ2v) is 5.42. The maximum atomic E-state index is 11.9. The smallest absolute Gasteiger partial charge is 0.343 e. The standard InChI is InChI=1S/C12H12N2O3S2/c1-7-10(11(13-2)19-14-7)12(16)17-6-8(15)9-4-3-5-18-9/h3-5,13H,6H2,1-2H3. The molecule has 2 heterocycles. The van der Waals surface area contributed by atoms with Crippen LogP contribution < -0.4 is 5.32 Å². The number of carbonyl (C=O) groups excluding carboxylic acids is 2. The number of anilines is 1. The number of nitrogens with zero attached hydrogens (tertiary/aromatic N) is 1. The monoisotopic (exact) mass is 296 g/mol. The molecule has 1 N–H and O–H groups in total. The molecule has 0 aliphatic heterocycles. The minimum atomic E-state index is -0.527. The van der Waals surface area contributed by atoms with E-state index in [9.17, 15) is 9.59 Å². The molecular formula is C12H12N2O3S2. The number of Topliss-reactive ketones (excluding diaryl/α,β-unsaturated/α-hetero) is 1. The molecule has 0 saturated carbocycles. The van der Waals surface area contributed by atoms with Crippen LogP contribution in [0.1, 0.15) is 25.7 Å². The number of ether oxygens (including phenoxy) is 1. The van der Waals surface area contributed by atoms with Crippen LogP contribution in [0.15, 0.2) is 17.5 Å². The van der Waals surface area contributed by atoms with Gasteiger partial charge in [0.15, 0.2) is 6.61 Å². The molecule has 100 valence electrons. The highest BCUT2D eigenvalue weighted by molar-refractivity contribution is 7.12. The van der Waals surface area contributed by atoms with Crippen molar-refractivity contribution >= 4 is 39.6 Å². The summed E-state index contributed by atoms with van der Waals surface area (Å²) in [4.78, 5) is 24.2. The van der Waals surface area contributed by atoms with Gasteiger partial charge < -0.3 is 10.1 Å². The topological polar surface area (TPSA) is 68.3 Å². The molecule has 5 nitrogen and oxygen atoms in total. The molecule has 0 amide bonds. The van der Waals surface area contributed by atoms with Gasteiger partial charge in [-0.25, -0.2) is 4.79 Å². The van der Waals surface area contributed by atoms with E-state index >= 15 is 0 Å². The normalized spacial score (nSPS) is 10.2. The molecule has 2 aromatic rings. The van der Waals surface area contributed by atoms with Gasteiger partial charge in [-0.2, -0.15) is 4.37 Å². The van der Waals surface area contributed by atoms with Crippen LogP contribution in [-0.2, 0) is 4.74 Å². The summed E-state index contributed by atoms with van der Waals surface area (Å²) >= 11 is 2.52. The molecular weight excluding hydrogens is 284 g/mol. The molecule has 0 fully saturated rings. The number of aryl methyl sites for hydroxylation is 1. The van der Waals surface area contributed by atoms with Gasteiger partial charge in [0.1, 0.15) is 10.6 Å². The summed E-state index contributed by atoms with van der Waals surface area (Å²) in [7, 11) is 1.71. The lowest BCUT2D eigenvalue weighted by Crippen LogP contribution is -2.14. The number of rotatable bonds is 5. The van der Waals surface area contributed by atoms with Crippen LogP contribution >= 0.6 is 22.9 Å². The largest absolute Gasteiger partial charge is 0.454 e. The third-order valence-electron chi connectivity index (χ3n) is 2.42. The highest BCUT2D eigenvalue weighted by Crippen LogP contribution is 2.24. The number of aromatic nitrogens is 1. The van der Waals surface area contributed by atoms with Crippen molar-refractivity contribution in [2.75, 3.05) is 19.0 Å². The van der Waals surface area contributed by atoms with Crippen molar-refractivity contribution in [1.29, 1.82) is 0 Å². The molecule has 0 spiro atoms. The Morgan fingerprint density at radius 3 is 2.89 bits per heavy atom. The quantitative estimate of drug-likeness (QED) is 0.678. The van der Waals surface area contributed by atoms with Crippen LogP contribution in [0, 0.1) is 6.92 Å². The zero-order valence-corrected chi connectivity index (χ0v) is 12.1. The van der Waals surface area contributed by atoms with Crippen molar-refractivity contribution in [2.45, 2.75) is 6.92 Å². The second-order valence-electron chi connectivity index (χ2n) is 3.70. The zero-order valence-electron chi connectivity index (χ0n) is 10.4. The van der Waals surface area contributed by atoms with Crippen molar-refractivity contribution in [1.82, 2.24) is 4.37 Å². The molecule has 0 radical (unpaired) electrons. The van der Waals surface area contributed by atoms with Gasteiger partial charge in [-0.15, -0.1) is 11.3 Å². The van der Waals surface area contributed by atoms with Crippen LogP contribution in [0.2, 0.25) is 0 Å². The molecule has 2 rings (SSSR count). The van der Waals surface area contributed by atoms with Crippen molar-refractivity contribution in [2.24, 2.45) is 0 Å². The third kappa shape index (κ3) is 2.99. The zero-order chi connectivity index (χ0) is 13.8. The van der Waals surface area contributed by atoms with Crippen LogP contribution in [0.25, 0.3) is 0 Å². The molecule has 7 heteroatoms. The van der Waals surface area contributed by atoms with Gasteiger partial charge in [0, 0.05) is 7.05 Å². The molecule has 19 heavy (non-hydrogen) atoms. The highest BCUT2D eigenvalue weighted by atomic mass is 32.1. The summed E-state index contributed by atoms with van der Waals surface area (Å²) in [6, 6.07) is 3.49. The maximum absolute atomic E-state index is 11.9. The summed E-state index contributed by atoms with van der Waals surface area (Å²) in [6.45, 7) is 1.48. The lowest BCUT2D eigenvalue weighted by atomic mass is 10.2. The van der Waals surface area contributed by atoms with Crippen LogP contribution in [-0.4, -0.2) is 29.8 Å². The average molecular weight is 296 g/mol. The first-order valence-corrected chi connectivity index (χ1v) is 7.16. The molecule has 0 aliphatic rings. The fourth-order valence-electron chi connectivity index (χ4n) is 1.49. The van der Waals surface area contributed by atoms with Crippen LogP contribution in [0.5, 0.6) is 0 Å². The predicted molar refractivity (Wildman–Crippen MR) is 75.3 cm³/mol. The first-order chi connectivity index (χ1) is 9.13. The van der Waals surface area contributed by atoms with E-state index in [2.05, 4.69) is 9.69 Å². The van der Waals surface area contributed by atoms with E-state index in [4.69, 9.17) is 4.74 Å². The van der Waals surface area contributed by atoms with Crippen molar-refractivity contribution in [3.63, 3.8) is 0 Å². The Hall–Kier alpha value is -1.73. The molecule has 0 aliphatic carbocycles. The Morgan fingerprint density at radius 1 is 1.47 bits per heavy atom. The van der Waals surface area contributed by atoms with Gasteiger partial charge in [-0.3, -0.25) is 4.79 Å². The van der Waals surface area contributed by atoms with Crippen LogP contribution in [0.4, 0.5) is 5.00 Å². The van der Waals surface area contributed by atoms with Crippen molar-refractivity contribution in [3.8, 4) is 0 Å². The Labute approximate surface area is 118 Å². The Kier molecular flexibility index (Phi) is 4.28. The van der Waals surface area contributed by atoms with Crippen LogP contribution in [0.3, 0.4) is 0 Å². The minimum Gasteiger partial charge on any atom is -0.454 e. The SMILES string of the molecule is CNc1snc(C)c1C(=O)OCC(=O)c1cccs1. The van der Waals surface area contributed by atoms with E-state index in [1.54, 1.807) is 31.5 Å². The van der Waals surface area contributed by atoms with E-state index in [-0.39, 0.29) is 12.4 Å². The number of esters is 1. The summed E-state index contributed by atoms with van der Waals surface area (Å²) in [5, 5.41) is 5.34. The lowest BCUT2D eigenvalue weighted by molar-refractivity contribution is 0.0476. The van der Waals surface area contributed by atoms with Gasteiger partial charge in [-0.1, -0.05) is 6.07 Å². The second kappa shape index (κ2) is 5.94. The van der Waals surface area contributed by atoms with Gasteiger partial charge in [-0.05, 0) is 29.9 Å². The van der Waals surface area contributed by atoms with Gasteiger partial charge in [0.25, 0.3) is 0 Å². The van der Waals surface area contributed by atoms with E-state index < -0.39 is 5.97 Å². The summed E-state index contributed by atoms with van der Waals surface area (Å²) in [5.74, 6) is -0.726. The van der Waals surface area contributed by atoms with Crippen molar-refractivity contribution < 1.29 is 14.3 Å². The maximum Gasteiger partial charge on any atom is 0.343 e.